The Morgan fingerprint density at radius 1 is 1.37 bits per heavy atom. The lowest BCUT2D eigenvalue weighted by molar-refractivity contribution is -0.126. The summed E-state index contributed by atoms with van der Waals surface area (Å²) in [4.78, 5) is 14.6. The van der Waals surface area contributed by atoms with Gasteiger partial charge in [0.15, 0.2) is 0 Å². The van der Waals surface area contributed by atoms with Crippen molar-refractivity contribution in [3.8, 4) is 0 Å². The van der Waals surface area contributed by atoms with Crippen molar-refractivity contribution in [3.63, 3.8) is 0 Å². The smallest absolute Gasteiger partial charge is 0.237 e. The van der Waals surface area contributed by atoms with Gasteiger partial charge in [-0.25, -0.2) is 0 Å². The summed E-state index contributed by atoms with van der Waals surface area (Å²) in [6, 6.07) is 1.36. The molecule has 2 saturated carbocycles. The first-order chi connectivity index (χ1) is 9.14. The molecule has 4 atom stereocenters. The van der Waals surface area contributed by atoms with E-state index in [0.29, 0.717) is 6.04 Å². The second kappa shape index (κ2) is 5.06. The van der Waals surface area contributed by atoms with Gasteiger partial charge < -0.3 is 11.1 Å². The molecule has 3 fully saturated rings. The maximum atomic E-state index is 11.9. The Labute approximate surface area is 116 Å². The van der Waals surface area contributed by atoms with Gasteiger partial charge >= 0.3 is 0 Å². The fourth-order valence-corrected chi connectivity index (χ4v) is 4.75. The van der Waals surface area contributed by atoms with Crippen LogP contribution in [-0.4, -0.2) is 41.5 Å². The van der Waals surface area contributed by atoms with E-state index in [0.717, 1.165) is 37.8 Å². The Hall–Kier alpha value is -0.610. The van der Waals surface area contributed by atoms with Crippen molar-refractivity contribution >= 4 is 5.91 Å². The maximum Gasteiger partial charge on any atom is 0.237 e. The van der Waals surface area contributed by atoms with Gasteiger partial charge in [-0.05, 0) is 57.4 Å². The number of hydrogen-bond donors (Lipinski definition) is 2. The number of fused-ring (bicyclic) bond motifs is 2. The molecule has 1 amide bonds. The summed E-state index contributed by atoms with van der Waals surface area (Å²) < 4.78 is 0. The van der Waals surface area contributed by atoms with E-state index in [4.69, 9.17) is 5.73 Å². The molecule has 1 saturated heterocycles. The summed E-state index contributed by atoms with van der Waals surface area (Å²) in [6.45, 7) is 4.14. The lowest BCUT2D eigenvalue weighted by atomic mass is 9.77. The first kappa shape index (κ1) is 13.4. The zero-order valence-corrected chi connectivity index (χ0v) is 12.0. The molecule has 108 valence electrons. The molecule has 0 aromatic rings. The number of hydrogen-bond acceptors (Lipinski definition) is 3. The predicted molar refractivity (Wildman–Crippen MR) is 75.7 cm³/mol. The average molecular weight is 265 g/mol. The van der Waals surface area contributed by atoms with Crippen LogP contribution in [0.1, 0.15) is 51.9 Å². The Morgan fingerprint density at radius 3 is 2.79 bits per heavy atom. The third kappa shape index (κ3) is 2.29. The molecule has 4 heteroatoms. The number of amides is 1. The molecule has 0 aromatic heterocycles. The summed E-state index contributed by atoms with van der Waals surface area (Å²) in [5.41, 5.74) is 5.26. The third-order valence-corrected chi connectivity index (χ3v) is 5.63. The number of carbonyl (C=O) groups excluding carboxylic acids is 1. The van der Waals surface area contributed by atoms with E-state index < -0.39 is 5.54 Å². The lowest BCUT2D eigenvalue weighted by Gasteiger charge is -2.44. The molecule has 3 N–H and O–H groups in total. The highest BCUT2D eigenvalue weighted by molar-refractivity contribution is 5.84. The SMILES string of the molecule is CCNC1(C(N)=O)CCCC(N2CC3CCC2C3)C1. The van der Waals surface area contributed by atoms with E-state index in [1.54, 1.807) is 0 Å². The Bertz CT molecular complexity index is 355. The Balaban J connectivity index is 1.72. The van der Waals surface area contributed by atoms with Crippen LogP contribution in [0.2, 0.25) is 0 Å². The quantitative estimate of drug-likeness (QED) is 0.804. The van der Waals surface area contributed by atoms with Gasteiger partial charge in [-0.3, -0.25) is 9.69 Å². The number of nitrogens with two attached hydrogens (primary N) is 1. The molecular formula is C15H27N3O. The van der Waals surface area contributed by atoms with Crippen LogP contribution in [0, 0.1) is 5.92 Å². The summed E-state index contributed by atoms with van der Waals surface area (Å²) in [6.07, 6.45) is 8.36. The van der Waals surface area contributed by atoms with Crippen LogP contribution in [0.3, 0.4) is 0 Å². The van der Waals surface area contributed by atoms with Crippen molar-refractivity contribution in [1.29, 1.82) is 0 Å². The number of likely N-dealkylation sites (N-methyl/N-ethyl adjacent to an activating group) is 1. The van der Waals surface area contributed by atoms with Gasteiger partial charge in [0.1, 0.15) is 0 Å². The van der Waals surface area contributed by atoms with Gasteiger partial charge in [-0.1, -0.05) is 6.92 Å². The minimum absolute atomic E-state index is 0.150. The predicted octanol–water partition coefficient (Wildman–Crippen LogP) is 1.25. The maximum absolute atomic E-state index is 11.9. The molecule has 2 aliphatic carbocycles. The van der Waals surface area contributed by atoms with Crippen LogP contribution >= 0.6 is 0 Å². The monoisotopic (exact) mass is 265 g/mol. The minimum Gasteiger partial charge on any atom is -0.368 e. The van der Waals surface area contributed by atoms with E-state index in [1.165, 1.54) is 32.2 Å². The van der Waals surface area contributed by atoms with Gasteiger partial charge in [0, 0.05) is 18.6 Å². The number of piperidine rings is 1. The molecule has 0 radical (unpaired) electrons. The second-order valence-corrected chi connectivity index (χ2v) is 6.76. The molecule has 2 bridgehead atoms. The van der Waals surface area contributed by atoms with Crippen LogP contribution < -0.4 is 11.1 Å². The number of nitrogens with one attached hydrogen (secondary N) is 1. The molecule has 3 rings (SSSR count). The topological polar surface area (TPSA) is 58.4 Å². The van der Waals surface area contributed by atoms with Gasteiger partial charge in [-0.15, -0.1) is 0 Å². The highest BCUT2D eigenvalue weighted by Gasteiger charge is 2.47. The number of carbonyl (C=O) groups is 1. The van der Waals surface area contributed by atoms with Crippen molar-refractivity contribution in [2.45, 2.75) is 69.5 Å². The molecule has 3 aliphatic rings. The molecular weight excluding hydrogens is 238 g/mol. The molecule has 4 unspecified atom stereocenters. The number of rotatable bonds is 4. The van der Waals surface area contributed by atoms with Crippen LogP contribution in [0.4, 0.5) is 0 Å². The van der Waals surface area contributed by atoms with E-state index in [1.807, 2.05) is 0 Å². The first-order valence-electron chi connectivity index (χ1n) is 7.95. The Morgan fingerprint density at radius 2 is 2.21 bits per heavy atom. The van der Waals surface area contributed by atoms with Crippen LogP contribution in [0.25, 0.3) is 0 Å². The molecule has 0 aromatic carbocycles. The molecule has 4 nitrogen and oxygen atoms in total. The summed E-state index contributed by atoms with van der Waals surface area (Å²) in [7, 11) is 0. The second-order valence-electron chi connectivity index (χ2n) is 6.76. The van der Waals surface area contributed by atoms with E-state index in [9.17, 15) is 4.79 Å². The molecule has 0 spiro atoms. The molecule has 19 heavy (non-hydrogen) atoms. The Kier molecular flexibility index (Phi) is 3.56. The van der Waals surface area contributed by atoms with Crippen LogP contribution in [-0.2, 0) is 4.79 Å². The standard InChI is InChI=1S/C15H27N3O/c1-2-17-15(14(16)19)7-3-4-13(9-15)18-10-11-5-6-12(18)8-11/h11-13,17H,2-10H2,1H3,(H2,16,19). The highest BCUT2D eigenvalue weighted by Crippen LogP contribution is 2.42. The van der Waals surface area contributed by atoms with Gasteiger partial charge in [-0.2, -0.15) is 0 Å². The van der Waals surface area contributed by atoms with Crippen molar-refractivity contribution in [2.75, 3.05) is 13.1 Å². The van der Waals surface area contributed by atoms with Crippen LogP contribution in [0.5, 0.6) is 0 Å². The van der Waals surface area contributed by atoms with Crippen molar-refractivity contribution in [3.05, 3.63) is 0 Å². The summed E-state index contributed by atoms with van der Waals surface area (Å²) >= 11 is 0. The molecule has 1 heterocycles. The van der Waals surface area contributed by atoms with E-state index >= 15 is 0 Å². The van der Waals surface area contributed by atoms with E-state index in [-0.39, 0.29) is 5.91 Å². The van der Waals surface area contributed by atoms with E-state index in [2.05, 4.69) is 17.1 Å². The number of likely N-dealkylation sites (tertiary alicyclic amines) is 1. The van der Waals surface area contributed by atoms with Crippen molar-refractivity contribution in [2.24, 2.45) is 11.7 Å². The summed E-state index contributed by atoms with van der Waals surface area (Å²) in [5, 5.41) is 3.39. The highest BCUT2D eigenvalue weighted by atomic mass is 16.1. The minimum atomic E-state index is -0.445. The fraction of sp³-hybridized carbons (Fsp3) is 0.933. The number of nitrogens with zero attached hydrogens (tertiary/aromatic N) is 1. The fourth-order valence-electron chi connectivity index (χ4n) is 4.75. The van der Waals surface area contributed by atoms with Crippen LogP contribution in [0.15, 0.2) is 0 Å². The number of primary amides is 1. The van der Waals surface area contributed by atoms with Gasteiger partial charge in [0.2, 0.25) is 5.91 Å². The average Bonchev–Trinajstić information content (AvgIpc) is 3.01. The normalized spacial score (nSPS) is 42.7. The zero-order chi connectivity index (χ0) is 13.5. The first-order valence-corrected chi connectivity index (χ1v) is 7.95. The van der Waals surface area contributed by atoms with Gasteiger partial charge in [0.05, 0.1) is 5.54 Å². The lowest BCUT2D eigenvalue weighted by Crippen LogP contribution is -2.61. The third-order valence-electron chi connectivity index (χ3n) is 5.63. The summed E-state index contributed by atoms with van der Waals surface area (Å²) in [5.74, 6) is 0.775. The van der Waals surface area contributed by atoms with Gasteiger partial charge in [0.25, 0.3) is 0 Å². The van der Waals surface area contributed by atoms with Crippen molar-refractivity contribution < 1.29 is 4.79 Å². The van der Waals surface area contributed by atoms with Crippen molar-refractivity contribution in [1.82, 2.24) is 10.2 Å². The zero-order valence-electron chi connectivity index (χ0n) is 12.0. The largest absolute Gasteiger partial charge is 0.368 e. The molecule has 1 aliphatic heterocycles.